The van der Waals surface area contributed by atoms with E-state index in [4.69, 9.17) is 26.3 Å². The number of aromatic nitrogens is 2. The summed E-state index contributed by atoms with van der Waals surface area (Å²) in [7, 11) is 0. The molecule has 3 heterocycles. The molecule has 0 aliphatic heterocycles. The zero-order valence-electron chi connectivity index (χ0n) is 45.8. The Labute approximate surface area is 352 Å². The van der Waals surface area contributed by atoms with Gasteiger partial charge >= 0.3 is 0 Å². The summed E-state index contributed by atoms with van der Waals surface area (Å²) in [5.74, 6) is -0.232. The third-order valence-electron chi connectivity index (χ3n) is 9.03. The fourth-order valence-corrected chi connectivity index (χ4v) is 6.59. The Kier molecular flexibility index (Phi) is 7.01. The number of rotatable bonds is 6. The Hall–Kier alpha value is -4.37. The average molecular weight is 891 g/mol. The Balaban J connectivity index is 0.000000275. The molecule has 0 unspecified atom stereocenters. The first-order chi connectivity index (χ1) is 31.4. The first-order valence-electron chi connectivity index (χ1n) is 25.4. The van der Waals surface area contributed by atoms with Crippen molar-refractivity contribution in [1.82, 2.24) is 9.97 Å². The van der Waals surface area contributed by atoms with E-state index in [-0.39, 0.29) is 76.2 Å². The first-order valence-corrected chi connectivity index (χ1v) is 17.4. The van der Waals surface area contributed by atoms with Gasteiger partial charge in [0, 0.05) is 59.8 Å². The summed E-state index contributed by atoms with van der Waals surface area (Å²) in [5, 5.41) is 1.21. The van der Waals surface area contributed by atoms with Crippen molar-refractivity contribution in [1.29, 1.82) is 0 Å². The second kappa shape index (κ2) is 16.3. The van der Waals surface area contributed by atoms with Gasteiger partial charge in [-0.3, -0.25) is 0 Å². The van der Waals surface area contributed by atoms with Gasteiger partial charge in [0.15, 0.2) is 0 Å². The van der Waals surface area contributed by atoms with Crippen molar-refractivity contribution in [3.05, 3.63) is 143 Å². The van der Waals surface area contributed by atoms with E-state index in [1.807, 2.05) is 20.8 Å². The molecular weight excluding hydrogens is 825 g/mol. The van der Waals surface area contributed by atoms with Crippen LogP contribution in [0.2, 0.25) is 0 Å². The van der Waals surface area contributed by atoms with E-state index in [1.165, 1.54) is 42.7 Å². The SMILES string of the molecule is [2H]C([2H])([2H])c1c[c-]c(-c2ccc(C([2H])([2H])C(C)(C)C)cn2)cc1.[2H]C([2H])([2H])c1cnc(-c2[c-]ccc3c2oc2c(C([2H])([2H])[2H])cccc23)cc1-c1ccc(C([2H])([2H])C2CCCC2)cc1C([2H])([2H])[2H].[Ir]. The maximum absolute atomic E-state index is 8.84. The quantitative estimate of drug-likeness (QED) is 0.156. The van der Waals surface area contributed by atoms with Crippen LogP contribution in [0.3, 0.4) is 0 Å². The molecule has 4 heteroatoms. The van der Waals surface area contributed by atoms with Crippen LogP contribution >= 0.6 is 0 Å². The van der Waals surface area contributed by atoms with Crippen LogP contribution in [0.5, 0.6) is 0 Å². The maximum Gasteiger partial charge on any atom is 0.123 e. The number of fused-ring (bicyclic) bond motifs is 3. The molecule has 273 valence electrons. The van der Waals surface area contributed by atoms with Gasteiger partial charge in [-0.15, -0.1) is 53.6 Å². The number of hydrogen-bond acceptors (Lipinski definition) is 3. The summed E-state index contributed by atoms with van der Waals surface area (Å²) in [6, 6.07) is 28.3. The van der Waals surface area contributed by atoms with Crippen LogP contribution in [0.4, 0.5) is 0 Å². The van der Waals surface area contributed by atoms with Gasteiger partial charge in [-0.05, 0) is 95.0 Å². The summed E-state index contributed by atoms with van der Waals surface area (Å²) >= 11 is 0. The van der Waals surface area contributed by atoms with Crippen LogP contribution in [-0.4, -0.2) is 9.97 Å². The second-order valence-corrected chi connectivity index (χ2v) is 14.2. The second-order valence-electron chi connectivity index (χ2n) is 14.2. The molecule has 3 nitrogen and oxygen atoms in total. The van der Waals surface area contributed by atoms with Gasteiger partial charge in [-0.1, -0.05) is 119 Å². The van der Waals surface area contributed by atoms with Crippen LogP contribution in [0, 0.1) is 50.9 Å². The number of furan rings is 1. The minimum absolute atomic E-state index is 0. The number of pyridine rings is 2. The van der Waals surface area contributed by atoms with E-state index in [0.717, 1.165) is 12.8 Å². The van der Waals surface area contributed by atoms with E-state index < -0.39 is 45.6 Å². The van der Waals surface area contributed by atoms with Crippen LogP contribution in [0.15, 0.2) is 102 Å². The normalized spacial score (nSPS) is 19.2. The molecule has 0 atom stereocenters. The Bertz CT molecular complexity index is 2940. The van der Waals surface area contributed by atoms with Crippen molar-refractivity contribution in [2.75, 3.05) is 0 Å². The van der Waals surface area contributed by atoms with E-state index >= 15 is 0 Å². The third kappa shape index (κ3) is 8.89. The molecule has 53 heavy (non-hydrogen) atoms. The minimum Gasteiger partial charge on any atom is -0.500 e. The molecule has 8 rings (SSSR count). The molecule has 1 aliphatic carbocycles. The molecule has 0 amide bonds. The number of para-hydroxylation sites is 1. The summed E-state index contributed by atoms with van der Waals surface area (Å²) in [5.41, 5.74) is 2.87. The summed E-state index contributed by atoms with van der Waals surface area (Å²) in [4.78, 5) is 8.74. The van der Waals surface area contributed by atoms with Crippen molar-refractivity contribution in [3.8, 4) is 33.6 Å². The molecule has 3 aromatic heterocycles. The zero-order chi connectivity index (χ0) is 50.0. The van der Waals surface area contributed by atoms with Crippen molar-refractivity contribution in [2.24, 2.45) is 11.3 Å². The molecule has 0 spiro atoms. The fraction of sp³-hybridized carbons (Fsp3) is 0.306. The van der Waals surface area contributed by atoms with E-state index in [9.17, 15) is 0 Å². The van der Waals surface area contributed by atoms with Gasteiger partial charge in [-0.2, -0.15) is 0 Å². The van der Waals surface area contributed by atoms with Crippen molar-refractivity contribution >= 4 is 21.9 Å². The van der Waals surface area contributed by atoms with Gasteiger partial charge in [-0.25, -0.2) is 0 Å². The molecule has 0 N–H and O–H groups in total. The minimum atomic E-state index is -2.68. The Morgan fingerprint density at radius 1 is 0.755 bits per heavy atom. The van der Waals surface area contributed by atoms with Crippen LogP contribution in [-0.2, 0) is 32.9 Å². The molecule has 1 radical (unpaired) electrons. The molecule has 0 saturated heterocycles. The third-order valence-corrected chi connectivity index (χ3v) is 9.03. The fourth-order valence-electron chi connectivity index (χ4n) is 6.59. The standard InChI is InChI=1S/C32H30NO.C17H20N.Ir/c1-20-8-6-11-26-27-12-7-13-28(32(27)34-31(20)26)30-18-29(22(3)19-33-30)25-15-14-24(16-21(25)2)17-23-9-4-5-10-23;1-13-5-8-15(9-6-13)16-10-7-14(12-18-16)11-17(2,3)4;/h6-8,11-12,14-16,18-19,23H,4-5,9-10,17H2,1-3H3;5-8,10,12H,11H2,1-4H3;/q2*-1;/i1D3,2D3,3D3,17D2;1D3,11D2;. The average Bonchev–Trinajstić information content (AvgIpc) is 3.95. The van der Waals surface area contributed by atoms with E-state index in [1.54, 1.807) is 54.6 Å². The predicted octanol–water partition coefficient (Wildman–Crippen LogP) is 13.2. The number of nitrogens with zero attached hydrogens (tertiary/aromatic N) is 2. The topological polar surface area (TPSA) is 38.9 Å². The monoisotopic (exact) mass is 891 g/mol. The van der Waals surface area contributed by atoms with Crippen LogP contribution in [0.1, 0.15) is 102 Å². The first kappa shape index (κ1) is 22.8. The molecule has 1 fully saturated rings. The molecule has 4 aromatic carbocycles. The Morgan fingerprint density at radius 2 is 1.55 bits per heavy atom. The van der Waals surface area contributed by atoms with E-state index in [0.29, 0.717) is 51.6 Å². The molecule has 0 bridgehead atoms. The number of benzene rings is 4. The smallest absolute Gasteiger partial charge is 0.123 e. The van der Waals surface area contributed by atoms with Crippen LogP contribution < -0.4 is 0 Å². The van der Waals surface area contributed by atoms with Crippen molar-refractivity contribution in [3.63, 3.8) is 0 Å². The van der Waals surface area contributed by atoms with E-state index in [2.05, 4.69) is 22.1 Å². The number of aryl methyl sites for hydroxylation is 4. The van der Waals surface area contributed by atoms with Crippen molar-refractivity contribution in [2.45, 2.75) is 86.6 Å². The Morgan fingerprint density at radius 3 is 2.26 bits per heavy atom. The zero-order valence-corrected chi connectivity index (χ0v) is 32.2. The van der Waals surface area contributed by atoms with Crippen LogP contribution in [0.25, 0.3) is 55.6 Å². The van der Waals surface area contributed by atoms with Gasteiger partial charge < -0.3 is 14.4 Å². The van der Waals surface area contributed by atoms with Gasteiger partial charge in [0.1, 0.15) is 5.58 Å². The van der Waals surface area contributed by atoms with Gasteiger partial charge in [0.05, 0.1) is 5.58 Å². The number of hydrogen-bond donors (Lipinski definition) is 0. The summed E-state index contributed by atoms with van der Waals surface area (Å²) in [6.07, 6.45) is 2.75. The molecule has 7 aromatic rings. The molecule has 1 aliphatic rings. The maximum atomic E-state index is 8.84. The van der Waals surface area contributed by atoms with Gasteiger partial charge in [0.25, 0.3) is 0 Å². The summed E-state index contributed by atoms with van der Waals surface area (Å²) < 4.78 is 136. The molecule has 1 saturated carbocycles. The van der Waals surface area contributed by atoms with Crippen molar-refractivity contribution < 1.29 is 46.5 Å². The summed E-state index contributed by atoms with van der Waals surface area (Å²) in [6.45, 7) is -4.34. The molecular formula is C49H50IrN2O-2. The van der Waals surface area contributed by atoms with Gasteiger partial charge in [0.2, 0.25) is 0 Å². The predicted molar refractivity (Wildman–Crippen MR) is 218 cm³/mol. The largest absolute Gasteiger partial charge is 0.500 e.